The topological polar surface area (TPSA) is 23.5 Å². The molecule has 2 nitrogen and oxygen atoms in total. The van der Waals surface area contributed by atoms with Crippen LogP contribution in [0.25, 0.3) is 0 Å². The summed E-state index contributed by atoms with van der Waals surface area (Å²) in [5.74, 6) is 1.14. The third-order valence-electron chi connectivity index (χ3n) is 2.75. The van der Waals surface area contributed by atoms with Crippen molar-refractivity contribution < 1.29 is 5.11 Å². The molecule has 0 amide bonds. The van der Waals surface area contributed by atoms with E-state index < -0.39 is 0 Å². The van der Waals surface area contributed by atoms with Gasteiger partial charge in [0.25, 0.3) is 0 Å². The van der Waals surface area contributed by atoms with E-state index in [0.717, 1.165) is 12.2 Å². The number of hydrogen-bond acceptors (Lipinski definition) is 3. The summed E-state index contributed by atoms with van der Waals surface area (Å²) in [6, 6.07) is 0.830. The Bertz CT molecular complexity index is 130. The van der Waals surface area contributed by atoms with E-state index in [9.17, 15) is 5.11 Å². The molecule has 3 atom stereocenters. The minimum atomic E-state index is -0.249. The number of hydrogen-bond donors (Lipinski definition) is 1. The molecule has 80 valence electrons. The third-order valence-corrected chi connectivity index (χ3v) is 3.46. The van der Waals surface area contributed by atoms with Crippen LogP contribution in [0, 0.1) is 0 Å². The van der Waals surface area contributed by atoms with Gasteiger partial charge < -0.3 is 5.11 Å². The van der Waals surface area contributed by atoms with Crippen molar-refractivity contribution in [3.63, 3.8) is 0 Å². The lowest BCUT2D eigenvalue weighted by Crippen LogP contribution is -2.44. The summed E-state index contributed by atoms with van der Waals surface area (Å²) in [5, 5.41) is 9.46. The monoisotopic (exact) mass is 205 g/mol. The highest BCUT2D eigenvalue weighted by Crippen LogP contribution is 2.13. The maximum atomic E-state index is 9.46. The molecule has 0 aliphatic rings. The lowest BCUT2D eigenvalue weighted by molar-refractivity contribution is 0.0660. The first-order valence-electron chi connectivity index (χ1n) is 4.93. The van der Waals surface area contributed by atoms with E-state index in [-0.39, 0.29) is 12.1 Å². The van der Waals surface area contributed by atoms with Crippen molar-refractivity contribution in [1.29, 1.82) is 0 Å². The molecule has 13 heavy (non-hydrogen) atoms. The Labute approximate surface area is 86.7 Å². The lowest BCUT2D eigenvalue weighted by Gasteiger charge is -2.33. The summed E-state index contributed by atoms with van der Waals surface area (Å²) in [4.78, 5) is 2.28. The Hall–Kier alpha value is 0.270. The van der Waals surface area contributed by atoms with Crippen LogP contribution in [0.2, 0.25) is 0 Å². The van der Waals surface area contributed by atoms with Crippen LogP contribution >= 0.6 is 11.8 Å². The second-order valence-corrected chi connectivity index (χ2v) is 4.57. The van der Waals surface area contributed by atoms with Gasteiger partial charge >= 0.3 is 0 Å². The first-order valence-corrected chi connectivity index (χ1v) is 6.32. The summed E-state index contributed by atoms with van der Waals surface area (Å²) >= 11 is 1.87. The zero-order valence-electron chi connectivity index (χ0n) is 9.45. The van der Waals surface area contributed by atoms with Crippen LogP contribution in [-0.2, 0) is 0 Å². The molecule has 0 aliphatic carbocycles. The maximum absolute atomic E-state index is 9.46. The van der Waals surface area contributed by atoms with Crippen LogP contribution < -0.4 is 0 Å². The Morgan fingerprint density at radius 3 is 2.23 bits per heavy atom. The van der Waals surface area contributed by atoms with Crippen molar-refractivity contribution in [2.75, 3.05) is 19.1 Å². The summed E-state index contributed by atoms with van der Waals surface area (Å²) in [5.41, 5.74) is 0. The van der Waals surface area contributed by atoms with Gasteiger partial charge in [-0.05, 0) is 33.6 Å². The molecule has 0 spiro atoms. The van der Waals surface area contributed by atoms with Gasteiger partial charge in [-0.25, -0.2) is 0 Å². The van der Waals surface area contributed by atoms with Crippen molar-refractivity contribution >= 4 is 11.8 Å². The number of aliphatic hydroxyl groups excluding tert-OH is 1. The minimum absolute atomic E-state index is 0.247. The van der Waals surface area contributed by atoms with E-state index in [0.29, 0.717) is 6.04 Å². The Kier molecular flexibility index (Phi) is 6.82. The van der Waals surface area contributed by atoms with E-state index in [1.807, 2.05) is 18.7 Å². The minimum Gasteiger partial charge on any atom is -0.392 e. The molecule has 0 aromatic rings. The van der Waals surface area contributed by atoms with Crippen LogP contribution in [0.3, 0.4) is 0 Å². The number of thioether (sulfide) groups is 1. The van der Waals surface area contributed by atoms with E-state index in [1.165, 1.54) is 0 Å². The Morgan fingerprint density at radius 2 is 1.92 bits per heavy atom. The molecular weight excluding hydrogens is 182 g/mol. The largest absolute Gasteiger partial charge is 0.392 e. The quantitative estimate of drug-likeness (QED) is 0.715. The second kappa shape index (κ2) is 6.68. The predicted molar refractivity (Wildman–Crippen MR) is 61.4 cm³/mol. The zero-order chi connectivity index (χ0) is 10.4. The van der Waals surface area contributed by atoms with Gasteiger partial charge in [0.15, 0.2) is 0 Å². The van der Waals surface area contributed by atoms with E-state index in [4.69, 9.17) is 0 Å². The Morgan fingerprint density at radius 1 is 1.38 bits per heavy atom. The molecular formula is C10H23NOS. The maximum Gasteiger partial charge on any atom is 0.0664 e. The van der Waals surface area contributed by atoms with E-state index in [1.54, 1.807) is 0 Å². The molecule has 0 aliphatic heterocycles. The number of aliphatic hydroxyl groups is 1. The summed E-state index contributed by atoms with van der Waals surface area (Å²) in [7, 11) is 2.10. The van der Waals surface area contributed by atoms with Crippen LogP contribution in [0.4, 0.5) is 0 Å². The van der Waals surface area contributed by atoms with Crippen molar-refractivity contribution in [3.8, 4) is 0 Å². The Balaban J connectivity index is 4.10. The molecule has 0 heterocycles. The SMILES string of the molecule is CCC(CSC)N(C)C(C)C(C)O. The lowest BCUT2D eigenvalue weighted by atomic mass is 10.1. The van der Waals surface area contributed by atoms with Crippen LogP contribution in [0.5, 0.6) is 0 Å². The number of likely N-dealkylation sites (N-methyl/N-ethyl adjacent to an activating group) is 1. The summed E-state index contributed by atoms with van der Waals surface area (Å²) < 4.78 is 0. The van der Waals surface area contributed by atoms with Crippen molar-refractivity contribution in [2.45, 2.75) is 45.4 Å². The van der Waals surface area contributed by atoms with Gasteiger partial charge in [0.1, 0.15) is 0 Å². The fourth-order valence-electron chi connectivity index (χ4n) is 1.39. The highest BCUT2D eigenvalue weighted by atomic mass is 32.2. The van der Waals surface area contributed by atoms with Crippen molar-refractivity contribution in [3.05, 3.63) is 0 Å². The second-order valence-electron chi connectivity index (χ2n) is 3.66. The predicted octanol–water partition coefficient (Wildman–Crippen LogP) is 1.83. The zero-order valence-corrected chi connectivity index (χ0v) is 10.3. The molecule has 0 radical (unpaired) electrons. The van der Waals surface area contributed by atoms with E-state index >= 15 is 0 Å². The molecule has 1 N–H and O–H groups in total. The standard InChI is InChI=1S/C10H23NOS/c1-6-10(7-13-5)11(4)8(2)9(3)12/h8-10,12H,6-7H2,1-5H3. The molecule has 3 unspecified atom stereocenters. The van der Waals surface area contributed by atoms with Crippen LogP contribution in [0.1, 0.15) is 27.2 Å². The summed E-state index contributed by atoms with van der Waals surface area (Å²) in [6.07, 6.45) is 3.03. The average Bonchev–Trinajstić information content (AvgIpc) is 2.11. The van der Waals surface area contributed by atoms with Crippen molar-refractivity contribution in [1.82, 2.24) is 4.90 Å². The summed E-state index contributed by atoms with van der Waals surface area (Å²) in [6.45, 7) is 6.13. The third kappa shape index (κ3) is 4.34. The van der Waals surface area contributed by atoms with Crippen LogP contribution in [-0.4, -0.2) is 47.3 Å². The van der Waals surface area contributed by atoms with Gasteiger partial charge in [-0.15, -0.1) is 0 Å². The van der Waals surface area contributed by atoms with Gasteiger partial charge in [-0.1, -0.05) is 6.92 Å². The average molecular weight is 205 g/mol. The first-order chi connectivity index (χ1) is 6.04. The first kappa shape index (κ1) is 13.3. The molecule has 0 aromatic carbocycles. The molecule has 0 aromatic heterocycles. The van der Waals surface area contributed by atoms with E-state index in [2.05, 4.69) is 32.1 Å². The smallest absolute Gasteiger partial charge is 0.0664 e. The molecule has 0 saturated heterocycles. The van der Waals surface area contributed by atoms with Crippen molar-refractivity contribution in [2.24, 2.45) is 0 Å². The molecule has 3 heteroatoms. The van der Waals surface area contributed by atoms with Gasteiger partial charge in [0.2, 0.25) is 0 Å². The van der Waals surface area contributed by atoms with Gasteiger partial charge in [0.05, 0.1) is 6.10 Å². The molecule has 0 fully saturated rings. The van der Waals surface area contributed by atoms with Gasteiger partial charge in [-0.3, -0.25) is 4.90 Å². The normalized spacial score (nSPS) is 18.7. The number of nitrogens with zero attached hydrogens (tertiary/aromatic N) is 1. The fraction of sp³-hybridized carbons (Fsp3) is 1.00. The highest BCUT2D eigenvalue weighted by molar-refractivity contribution is 7.98. The number of rotatable bonds is 6. The van der Waals surface area contributed by atoms with Gasteiger partial charge in [0, 0.05) is 17.8 Å². The molecule has 0 saturated carbocycles. The highest BCUT2D eigenvalue weighted by Gasteiger charge is 2.20. The fourth-order valence-corrected chi connectivity index (χ4v) is 2.24. The van der Waals surface area contributed by atoms with Gasteiger partial charge in [-0.2, -0.15) is 11.8 Å². The van der Waals surface area contributed by atoms with Crippen LogP contribution in [0.15, 0.2) is 0 Å². The molecule has 0 rings (SSSR count). The molecule has 0 bridgehead atoms.